The van der Waals surface area contributed by atoms with E-state index in [1.54, 1.807) is 19.2 Å². The van der Waals surface area contributed by atoms with Crippen molar-refractivity contribution in [1.82, 2.24) is 0 Å². The third-order valence-corrected chi connectivity index (χ3v) is 14.4. The van der Waals surface area contributed by atoms with Gasteiger partial charge in [0.05, 0.1) is 33.9 Å². The Bertz CT molecular complexity index is 1220. The lowest BCUT2D eigenvalue weighted by atomic mass is 9.47. The minimum atomic E-state index is -0.989. The Labute approximate surface area is 318 Å². The van der Waals surface area contributed by atoms with E-state index in [-0.39, 0.29) is 35.3 Å². The number of carbonyl (C=O) groups is 2. The monoisotopic (exact) mass is 735 g/mol. The Hall–Kier alpha value is -1.57. The fraction of sp³-hybridized carbons (Fsp3) is 0.818. The highest BCUT2D eigenvalue weighted by Gasteiger charge is 2.67. The minimum absolute atomic E-state index is 0.152. The van der Waals surface area contributed by atoms with Crippen LogP contribution in [0, 0.1) is 33.0 Å². The topological polar surface area (TPSA) is 71.1 Å². The van der Waals surface area contributed by atoms with Crippen LogP contribution in [-0.4, -0.2) is 48.7 Å². The van der Waals surface area contributed by atoms with Gasteiger partial charge >= 0.3 is 11.9 Å². The molecule has 0 radical (unpaired) electrons. The van der Waals surface area contributed by atoms with E-state index in [9.17, 15) is 9.59 Å². The van der Waals surface area contributed by atoms with E-state index >= 15 is 0 Å². The van der Waals surface area contributed by atoms with Crippen LogP contribution in [0.2, 0.25) is 0 Å². The molecule has 7 heteroatoms. The molecule has 1 aromatic rings. The number of hydrogen-bond donors (Lipinski definition) is 0. The van der Waals surface area contributed by atoms with E-state index < -0.39 is 32.7 Å². The highest BCUT2D eigenvalue weighted by atomic mass is 32.2. The Morgan fingerprint density at radius 1 is 0.863 bits per heavy atom. The summed E-state index contributed by atoms with van der Waals surface area (Å²) >= 11 is 1.55. The summed E-state index contributed by atoms with van der Waals surface area (Å²) in [7, 11) is 1.61. The summed E-state index contributed by atoms with van der Waals surface area (Å²) in [6.45, 7) is 36.9. The van der Waals surface area contributed by atoms with Crippen molar-refractivity contribution >= 4 is 24.0 Å². The summed E-state index contributed by atoms with van der Waals surface area (Å²) < 4.78 is 23.8. The van der Waals surface area contributed by atoms with Crippen LogP contribution in [0.15, 0.2) is 30.3 Å². The second-order valence-electron chi connectivity index (χ2n) is 18.4. The van der Waals surface area contributed by atoms with Crippen molar-refractivity contribution in [2.24, 2.45) is 33.0 Å². The molecule has 1 aliphatic heterocycles. The first-order chi connectivity index (χ1) is 23.4. The van der Waals surface area contributed by atoms with E-state index in [2.05, 4.69) is 120 Å². The summed E-state index contributed by atoms with van der Waals surface area (Å²) in [5, 5.41) is 0. The molecule has 0 saturated carbocycles. The smallest absolute Gasteiger partial charge is 0.312 e. The van der Waals surface area contributed by atoms with Gasteiger partial charge in [0, 0.05) is 25.1 Å². The van der Waals surface area contributed by atoms with Crippen LogP contribution in [-0.2, 0) is 28.0 Å². The predicted octanol–water partition coefficient (Wildman–Crippen LogP) is 12.2. The lowest BCUT2D eigenvalue weighted by Crippen LogP contribution is -2.65. The maximum Gasteiger partial charge on any atom is 0.312 e. The van der Waals surface area contributed by atoms with Gasteiger partial charge in [0.1, 0.15) is 6.61 Å². The van der Waals surface area contributed by atoms with Gasteiger partial charge in [-0.15, -0.1) is 0 Å². The molecular formula is C44H78O6S. The molecule has 6 unspecified atom stereocenters. The van der Waals surface area contributed by atoms with Crippen molar-refractivity contribution in [3.05, 3.63) is 35.9 Å². The molecular weight excluding hydrogens is 657 g/mol. The first kappa shape index (κ1) is 47.5. The Kier molecular flexibility index (Phi) is 17.4. The van der Waals surface area contributed by atoms with Crippen LogP contribution in [0.3, 0.4) is 0 Å². The lowest BCUT2D eigenvalue weighted by molar-refractivity contribution is -0.188. The van der Waals surface area contributed by atoms with Crippen LogP contribution < -0.4 is 0 Å². The predicted molar refractivity (Wildman–Crippen MR) is 216 cm³/mol. The van der Waals surface area contributed by atoms with Crippen LogP contribution in [0.4, 0.5) is 0 Å². The first-order valence-corrected chi connectivity index (χ1v) is 20.4. The molecule has 1 fully saturated rings. The standard InChI is InChI=1S/C42H72O6S.C2H6/c1-17-18-22-31(4)47-35(44)39(12,36(5,6)7)28-37(8,9)38(10,11)40(13,34(43)46-26-25-45-16)29-41(14)42(15,49-48-41)33(27-30(2)3)32-23-20-19-21-24-32;1-2/h19-21,23-24,30-31,33H,17-18,22,25-29H2,1-16H3;1-2H3. The molecule has 0 amide bonds. The minimum Gasteiger partial charge on any atom is -0.463 e. The maximum absolute atomic E-state index is 14.6. The first-order valence-electron chi connectivity index (χ1n) is 19.7. The number of hydrogen-bond acceptors (Lipinski definition) is 7. The van der Waals surface area contributed by atoms with Gasteiger partial charge in [-0.25, -0.2) is 0 Å². The van der Waals surface area contributed by atoms with Crippen LogP contribution in [0.5, 0.6) is 0 Å². The van der Waals surface area contributed by atoms with Gasteiger partial charge in [-0.3, -0.25) is 9.59 Å². The zero-order valence-corrected chi connectivity index (χ0v) is 36.9. The zero-order valence-electron chi connectivity index (χ0n) is 36.1. The van der Waals surface area contributed by atoms with E-state index in [1.165, 1.54) is 5.56 Å². The second kappa shape index (κ2) is 18.7. The summed E-state index contributed by atoms with van der Waals surface area (Å²) in [5.41, 5.74) is -2.72. The molecule has 51 heavy (non-hydrogen) atoms. The molecule has 2 rings (SSSR count). The molecule has 0 N–H and O–H groups in total. The Morgan fingerprint density at radius 3 is 1.88 bits per heavy atom. The highest BCUT2D eigenvalue weighted by Crippen LogP contribution is 2.67. The van der Waals surface area contributed by atoms with E-state index in [1.807, 2.05) is 27.7 Å². The van der Waals surface area contributed by atoms with Gasteiger partial charge in [-0.2, -0.15) is 0 Å². The third-order valence-electron chi connectivity index (χ3n) is 12.9. The molecule has 6 atom stereocenters. The number of esters is 2. The molecule has 6 nitrogen and oxygen atoms in total. The van der Waals surface area contributed by atoms with Crippen molar-refractivity contribution < 1.29 is 28.0 Å². The summed E-state index contributed by atoms with van der Waals surface area (Å²) in [5.74, 6) is 0.262. The van der Waals surface area contributed by atoms with Gasteiger partial charge < -0.3 is 18.4 Å². The molecule has 1 heterocycles. The van der Waals surface area contributed by atoms with E-state index in [4.69, 9.17) is 18.4 Å². The van der Waals surface area contributed by atoms with Gasteiger partial charge in [-0.1, -0.05) is 126 Å². The highest BCUT2D eigenvalue weighted by molar-refractivity contribution is 7.97. The summed E-state index contributed by atoms with van der Waals surface area (Å²) in [6.07, 6.45) is 4.75. The van der Waals surface area contributed by atoms with Gasteiger partial charge in [-0.05, 0) is 88.0 Å². The maximum atomic E-state index is 14.6. The molecule has 1 saturated heterocycles. The van der Waals surface area contributed by atoms with Crippen molar-refractivity contribution in [2.45, 2.75) is 179 Å². The number of benzene rings is 1. The second-order valence-corrected chi connectivity index (χ2v) is 19.5. The van der Waals surface area contributed by atoms with Gasteiger partial charge in [0.15, 0.2) is 0 Å². The number of carbonyl (C=O) groups excluding carboxylic acids is 2. The lowest BCUT2D eigenvalue weighted by Gasteiger charge is -2.62. The number of rotatable bonds is 19. The third kappa shape index (κ3) is 10.4. The summed E-state index contributed by atoms with van der Waals surface area (Å²) in [4.78, 5) is 28.8. The molecule has 0 aliphatic carbocycles. The zero-order chi connectivity index (χ0) is 39.7. The normalized spacial score (nSPS) is 23.1. The van der Waals surface area contributed by atoms with E-state index in [0.29, 0.717) is 25.4 Å². The van der Waals surface area contributed by atoms with Gasteiger partial charge in [0.2, 0.25) is 0 Å². The van der Waals surface area contributed by atoms with Crippen molar-refractivity contribution in [2.75, 3.05) is 20.3 Å². The molecule has 296 valence electrons. The van der Waals surface area contributed by atoms with Crippen LogP contribution >= 0.6 is 12.0 Å². The fourth-order valence-corrected chi connectivity index (χ4v) is 8.85. The average molecular weight is 735 g/mol. The number of unbranched alkanes of at least 4 members (excludes halogenated alkanes) is 1. The van der Waals surface area contributed by atoms with Crippen molar-refractivity contribution in [1.29, 1.82) is 0 Å². The average Bonchev–Trinajstić information content (AvgIpc) is 3.05. The number of ether oxygens (including phenoxy) is 3. The van der Waals surface area contributed by atoms with E-state index in [0.717, 1.165) is 25.7 Å². The molecule has 0 spiro atoms. The largest absolute Gasteiger partial charge is 0.463 e. The molecule has 1 aliphatic rings. The fourth-order valence-electron chi connectivity index (χ4n) is 7.74. The quantitative estimate of drug-likeness (QED) is 0.0796. The SMILES string of the molecule is CC.CCCCC(C)OC(=O)C(C)(CC(C)(C)C(C)(C)C(C)(CC1(C)OSC1(C)C(CC(C)C)c1ccccc1)C(=O)OCCOC)C(C)(C)C. The van der Waals surface area contributed by atoms with Crippen molar-refractivity contribution in [3.63, 3.8) is 0 Å². The molecule has 0 aromatic heterocycles. The number of methoxy groups -OCH3 is 1. The summed E-state index contributed by atoms with van der Waals surface area (Å²) in [6, 6.07) is 10.7. The van der Waals surface area contributed by atoms with Gasteiger partial charge in [0.25, 0.3) is 0 Å². The van der Waals surface area contributed by atoms with Crippen LogP contribution in [0.25, 0.3) is 0 Å². The molecule has 1 aromatic carbocycles. The van der Waals surface area contributed by atoms with Crippen LogP contribution in [0.1, 0.15) is 168 Å². The molecule has 0 bridgehead atoms. The Morgan fingerprint density at radius 2 is 1.43 bits per heavy atom. The Balaban J connectivity index is 0.00000638. The van der Waals surface area contributed by atoms with Crippen molar-refractivity contribution in [3.8, 4) is 0 Å².